The Bertz CT molecular complexity index is 1250. The molecular formula is C29H35O6P. The van der Waals surface area contributed by atoms with E-state index in [1.54, 1.807) is 24.3 Å². The van der Waals surface area contributed by atoms with Crippen LogP contribution in [0.15, 0.2) is 54.6 Å². The predicted molar refractivity (Wildman–Crippen MR) is 141 cm³/mol. The van der Waals surface area contributed by atoms with Crippen LogP contribution in [-0.2, 0) is 20.0 Å². The molecule has 4 rings (SSSR count). The number of hydrogen-bond donors (Lipinski definition) is 2. The topological polar surface area (TPSA) is 85.2 Å². The number of phenolic OH excluding ortho intramolecular Hbond substituents is 2. The van der Waals surface area contributed by atoms with Crippen molar-refractivity contribution in [1.82, 2.24) is 0 Å². The minimum absolute atomic E-state index is 0.142. The molecule has 3 unspecified atom stereocenters. The van der Waals surface area contributed by atoms with Crippen LogP contribution in [0.2, 0.25) is 0 Å². The summed E-state index contributed by atoms with van der Waals surface area (Å²) < 4.78 is 30.5. The molecular weight excluding hydrogens is 475 g/mol. The Labute approximate surface area is 213 Å². The van der Waals surface area contributed by atoms with Crippen molar-refractivity contribution in [2.75, 3.05) is 13.0 Å². The zero-order valence-corrected chi connectivity index (χ0v) is 22.3. The standard InChI is InChI=1S/C29H35O6P/c1-5-19(2)27-16-22(9-10-28(27)31)15-26-20(3)13-25(14-21(26)4)33-18-36(32)34-12-11-29(35-36)23-7-6-8-24(30)17-23/h6-10,13-14,16-17,19,29-31H,5,11-12,15,18H2,1-4H3. The van der Waals surface area contributed by atoms with Crippen molar-refractivity contribution in [1.29, 1.82) is 0 Å². The Hall–Kier alpha value is -2.79. The van der Waals surface area contributed by atoms with Crippen molar-refractivity contribution >= 4 is 7.60 Å². The van der Waals surface area contributed by atoms with E-state index in [9.17, 15) is 14.8 Å². The second kappa shape index (κ2) is 11.1. The van der Waals surface area contributed by atoms with E-state index in [2.05, 4.69) is 19.9 Å². The molecule has 3 aromatic rings. The highest BCUT2D eigenvalue weighted by Crippen LogP contribution is 2.56. The first-order valence-electron chi connectivity index (χ1n) is 12.4. The van der Waals surface area contributed by atoms with Crippen LogP contribution in [0.4, 0.5) is 0 Å². The number of benzene rings is 3. The lowest BCUT2D eigenvalue weighted by Gasteiger charge is -2.30. The Morgan fingerprint density at radius 1 is 1.08 bits per heavy atom. The fraction of sp³-hybridized carbons (Fsp3) is 0.379. The minimum Gasteiger partial charge on any atom is -0.508 e. The molecule has 1 heterocycles. The predicted octanol–water partition coefficient (Wildman–Crippen LogP) is 7.53. The molecule has 1 aliphatic rings. The molecule has 0 saturated carbocycles. The SMILES string of the molecule is CCC(C)c1cc(Cc2c(C)cc(OCP3(=O)OCCC(c4cccc(O)c4)O3)cc2C)ccc1O. The van der Waals surface area contributed by atoms with E-state index >= 15 is 0 Å². The van der Waals surface area contributed by atoms with Gasteiger partial charge in [-0.1, -0.05) is 38.1 Å². The molecule has 36 heavy (non-hydrogen) atoms. The van der Waals surface area contributed by atoms with Gasteiger partial charge in [-0.15, -0.1) is 0 Å². The summed E-state index contributed by atoms with van der Waals surface area (Å²) in [6, 6.07) is 16.5. The third-order valence-corrected chi connectivity index (χ3v) is 8.47. The zero-order chi connectivity index (χ0) is 25.9. The van der Waals surface area contributed by atoms with E-state index < -0.39 is 13.7 Å². The lowest BCUT2D eigenvalue weighted by molar-refractivity contribution is 0.0724. The normalized spacial score (nSPS) is 20.7. The van der Waals surface area contributed by atoms with E-state index in [1.807, 2.05) is 38.1 Å². The number of aryl methyl sites for hydroxylation is 2. The summed E-state index contributed by atoms with van der Waals surface area (Å²) in [5.41, 5.74) is 6.24. The maximum Gasteiger partial charge on any atom is 0.368 e. The number of ether oxygens (including phenoxy) is 1. The highest BCUT2D eigenvalue weighted by atomic mass is 31.2. The molecule has 1 fully saturated rings. The van der Waals surface area contributed by atoms with E-state index in [4.69, 9.17) is 13.8 Å². The second-order valence-corrected chi connectivity index (χ2v) is 11.6. The molecule has 6 nitrogen and oxygen atoms in total. The average Bonchev–Trinajstić information content (AvgIpc) is 2.85. The molecule has 0 spiro atoms. The van der Waals surface area contributed by atoms with Gasteiger partial charge in [0.1, 0.15) is 17.2 Å². The Morgan fingerprint density at radius 3 is 2.53 bits per heavy atom. The quantitative estimate of drug-likeness (QED) is 0.305. The van der Waals surface area contributed by atoms with Gasteiger partial charge in [0.05, 0.1) is 12.7 Å². The Morgan fingerprint density at radius 2 is 1.83 bits per heavy atom. The Balaban J connectivity index is 1.45. The molecule has 0 bridgehead atoms. The Kier molecular flexibility index (Phi) is 8.09. The molecule has 1 saturated heterocycles. The average molecular weight is 511 g/mol. The van der Waals surface area contributed by atoms with Crippen LogP contribution in [-0.4, -0.2) is 23.2 Å². The number of phenols is 2. The van der Waals surface area contributed by atoms with E-state index in [1.165, 1.54) is 5.56 Å². The number of aromatic hydroxyl groups is 2. The third-order valence-electron chi connectivity index (χ3n) is 6.87. The third kappa shape index (κ3) is 6.12. The molecule has 0 aliphatic carbocycles. The highest BCUT2D eigenvalue weighted by molar-refractivity contribution is 7.53. The highest BCUT2D eigenvalue weighted by Gasteiger charge is 2.35. The van der Waals surface area contributed by atoms with Gasteiger partial charge in [-0.05, 0) is 96.3 Å². The van der Waals surface area contributed by atoms with Crippen molar-refractivity contribution in [3.8, 4) is 17.2 Å². The van der Waals surface area contributed by atoms with Crippen LogP contribution < -0.4 is 4.74 Å². The van der Waals surface area contributed by atoms with Crippen molar-refractivity contribution in [2.45, 2.75) is 59.0 Å². The summed E-state index contributed by atoms with van der Waals surface area (Å²) in [6.07, 6.45) is 1.66. The first kappa shape index (κ1) is 26.3. The molecule has 3 aromatic carbocycles. The summed E-state index contributed by atoms with van der Waals surface area (Å²) in [5.74, 6) is 1.39. The lowest BCUT2D eigenvalue weighted by Crippen LogP contribution is -2.17. The van der Waals surface area contributed by atoms with Gasteiger partial charge < -0.3 is 19.5 Å². The first-order chi connectivity index (χ1) is 17.2. The maximum atomic E-state index is 13.2. The van der Waals surface area contributed by atoms with E-state index in [0.717, 1.165) is 40.7 Å². The van der Waals surface area contributed by atoms with Crippen molar-refractivity contribution in [3.05, 3.63) is 88.0 Å². The van der Waals surface area contributed by atoms with Gasteiger partial charge in [0.15, 0.2) is 6.35 Å². The molecule has 0 amide bonds. The second-order valence-electron chi connectivity index (χ2n) is 9.61. The molecule has 2 N–H and O–H groups in total. The van der Waals surface area contributed by atoms with Crippen LogP contribution >= 0.6 is 7.60 Å². The van der Waals surface area contributed by atoms with Gasteiger partial charge in [0, 0.05) is 6.42 Å². The van der Waals surface area contributed by atoms with E-state index in [0.29, 0.717) is 30.4 Å². The molecule has 7 heteroatoms. The van der Waals surface area contributed by atoms with Gasteiger partial charge in [-0.3, -0.25) is 9.09 Å². The minimum atomic E-state index is -3.46. The van der Waals surface area contributed by atoms with Gasteiger partial charge in [0.2, 0.25) is 0 Å². The van der Waals surface area contributed by atoms with Gasteiger partial charge in [0.25, 0.3) is 0 Å². The van der Waals surface area contributed by atoms with Crippen LogP contribution in [0.5, 0.6) is 17.2 Å². The summed E-state index contributed by atoms with van der Waals surface area (Å²) in [5, 5.41) is 20.0. The smallest absolute Gasteiger partial charge is 0.368 e. The molecule has 3 atom stereocenters. The van der Waals surface area contributed by atoms with Crippen LogP contribution in [0.25, 0.3) is 0 Å². The largest absolute Gasteiger partial charge is 0.508 e. The first-order valence-corrected chi connectivity index (χ1v) is 14.2. The van der Waals surface area contributed by atoms with Crippen molar-refractivity contribution in [2.24, 2.45) is 0 Å². The number of hydrogen-bond acceptors (Lipinski definition) is 6. The van der Waals surface area contributed by atoms with Crippen molar-refractivity contribution < 1.29 is 28.6 Å². The van der Waals surface area contributed by atoms with Gasteiger partial charge >= 0.3 is 7.60 Å². The van der Waals surface area contributed by atoms with Gasteiger partial charge in [-0.2, -0.15) is 0 Å². The summed E-state index contributed by atoms with van der Waals surface area (Å²) in [6.45, 7) is 8.62. The number of rotatable bonds is 8. The molecule has 0 radical (unpaired) electrons. The molecule has 1 aliphatic heterocycles. The summed E-state index contributed by atoms with van der Waals surface area (Å²) in [4.78, 5) is 0. The molecule has 0 aromatic heterocycles. The summed E-state index contributed by atoms with van der Waals surface area (Å²) in [7, 11) is -3.46. The summed E-state index contributed by atoms with van der Waals surface area (Å²) >= 11 is 0. The van der Waals surface area contributed by atoms with Crippen LogP contribution in [0, 0.1) is 13.8 Å². The zero-order valence-electron chi connectivity index (χ0n) is 21.4. The van der Waals surface area contributed by atoms with Crippen molar-refractivity contribution in [3.63, 3.8) is 0 Å². The molecule has 192 valence electrons. The maximum absolute atomic E-state index is 13.2. The van der Waals surface area contributed by atoms with Crippen LogP contribution in [0.3, 0.4) is 0 Å². The van der Waals surface area contributed by atoms with E-state index in [-0.39, 0.29) is 12.1 Å². The monoisotopic (exact) mass is 510 g/mol. The fourth-order valence-electron chi connectivity index (χ4n) is 4.60. The fourth-order valence-corrected chi connectivity index (χ4v) is 6.10. The lowest BCUT2D eigenvalue weighted by atomic mass is 9.91. The van der Waals surface area contributed by atoms with Gasteiger partial charge in [-0.25, -0.2) is 0 Å². The van der Waals surface area contributed by atoms with Crippen LogP contribution in [0.1, 0.15) is 72.1 Å².